The fourth-order valence-corrected chi connectivity index (χ4v) is 3.85. The second kappa shape index (κ2) is 5.92. The second-order valence-electron chi connectivity index (χ2n) is 6.79. The van der Waals surface area contributed by atoms with Crippen molar-refractivity contribution in [1.29, 1.82) is 0 Å². The van der Waals surface area contributed by atoms with Gasteiger partial charge in [-0.25, -0.2) is 4.79 Å². The zero-order chi connectivity index (χ0) is 17.5. The van der Waals surface area contributed by atoms with Crippen LogP contribution in [0.2, 0.25) is 0 Å². The molecule has 1 aliphatic heterocycles. The first-order chi connectivity index (χ1) is 11.3. The molecule has 2 fully saturated rings. The standard InChI is InChI=1S/C16H22N4O4/c1-9-5-4-6-10(2)16(9)14(22)20(15(23)18-16)8-13(21)17-12-7-11(3)24-19-12/h7,9-10H,4-6,8H2,1-3H3,(H,18,23)(H,17,19,21). The first kappa shape index (κ1) is 16.5. The Kier molecular flexibility index (Phi) is 4.06. The van der Waals surface area contributed by atoms with Gasteiger partial charge in [-0.15, -0.1) is 0 Å². The van der Waals surface area contributed by atoms with E-state index >= 15 is 0 Å². The number of hydrogen-bond donors (Lipinski definition) is 2. The molecule has 0 radical (unpaired) electrons. The number of urea groups is 1. The number of anilines is 1. The third kappa shape index (κ3) is 2.55. The summed E-state index contributed by atoms with van der Waals surface area (Å²) in [5, 5.41) is 9.06. The zero-order valence-electron chi connectivity index (χ0n) is 14.1. The van der Waals surface area contributed by atoms with Gasteiger partial charge in [0.15, 0.2) is 5.82 Å². The quantitative estimate of drug-likeness (QED) is 0.818. The van der Waals surface area contributed by atoms with Crippen LogP contribution in [0.25, 0.3) is 0 Å². The van der Waals surface area contributed by atoms with Gasteiger partial charge in [-0.05, 0) is 31.6 Å². The number of aryl methyl sites for hydroxylation is 1. The van der Waals surface area contributed by atoms with Crippen LogP contribution < -0.4 is 10.6 Å². The molecule has 1 spiro atoms. The average Bonchev–Trinajstić information content (AvgIpc) is 3.02. The summed E-state index contributed by atoms with van der Waals surface area (Å²) < 4.78 is 4.87. The summed E-state index contributed by atoms with van der Waals surface area (Å²) >= 11 is 0. The number of carbonyl (C=O) groups is 3. The van der Waals surface area contributed by atoms with Gasteiger partial charge in [-0.1, -0.05) is 25.4 Å². The van der Waals surface area contributed by atoms with Crippen molar-refractivity contribution in [3.63, 3.8) is 0 Å². The maximum absolute atomic E-state index is 12.9. The van der Waals surface area contributed by atoms with Crippen molar-refractivity contribution in [3.8, 4) is 0 Å². The Hall–Kier alpha value is -2.38. The Morgan fingerprint density at radius 2 is 2.08 bits per heavy atom. The van der Waals surface area contributed by atoms with Crippen molar-refractivity contribution in [2.45, 2.75) is 45.6 Å². The van der Waals surface area contributed by atoms with Crippen LogP contribution in [0.15, 0.2) is 10.6 Å². The van der Waals surface area contributed by atoms with Crippen LogP contribution in [0, 0.1) is 18.8 Å². The van der Waals surface area contributed by atoms with Crippen LogP contribution in [0.3, 0.4) is 0 Å². The molecule has 1 saturated heterocycles. The summed E-state index contributed by atoms with van der Waals surface area (Å²) in [4.78, 5) is 38.4. The van der Waals surface area contributed by atoms with Crippen molar-refractivity contribution >= 4 is 23.7 Å². The lowest BCUT2D eigenvalue weighted by Crippen LogP contribution is -2.59. The van der Waals surface area contributed by atoms with E-state index in [4.69, 9.17) is 4.52 Å². The molecule has 2 unspecified atom stereocenters. The minimum Gasteiger partial charge on any atom is -0.360 e. The highest BCUT2D eigenvalue weighted by molar-refractivity contribution is 6.10. The van der Waals surface area contributed by atoms with E-state index in [9.17, 15) is 14.4 Å². The van der Waals surface area contributed by atoms with E-state index in [1.807, 2.05) is 13.8 Å². The number of hydrogen-bond acceptors (Lipinski definition) is 5. The summed E-state index contributed by atoms with van der Waals surface area (Å²) in [6.45, 7) is 5.33. The lowest BCUT2D eigenvalue weighted by atomic mass is 9.67. The van der Waals surface area contributed by atoms with Crippen LogP contribution in [0.4, 0.5) is 10.6 Å². The number of nitrogens with one attached hydrogen (secondary N) is 2. The van der Waals surface area contributed by atoms with Crippen LogP contribution in [0.5, 0.6) is 0 Å². The van der Waals surface area contributed by atoms with Crippen LogP contribution in [-0.4, -0.2) is 40.0 Å². The molecule has 24 heavy (non-hydrogen) atoms. The number of amides is 4. The van der Waals surface area contributed by atoms with E-state index in [1.165, 1.54) is 0 Å². The second-order valence-corrected chi connectivity index (χ2v) is 6.79. The molecule has 8 nitrogen and oxygen atoms in total. The summed E-state index contributed by atoms with van der Waals surface area (Å²) in [5.74, 6) is 0.120. The Bertz CT molecular complexity index is 673. The van der Waals surface area contributed by atoms with Gasteiger partial charge < -0.3 is 15.2 Å². The third-order valence-corrected chi connectivity index (χ3v) is 5.18. The van der Waals surface area contributed by atoms with Gasteiger partial charge in [-0.2, -0.15) is 0 Å². The van der Waals surface area contributed by atoms with Crippen molar-refractivity contribution < 1.29 is 18.9 Å². The van der Waals surface area contributed by atoms with Crippen molar-refractivity contribution in [1.82, 2.24) is 15.4 Å². The van der Waals surface area contributed by atoms with Gasteiger partial charge in [0.25, 0.3) is 5.91 Å². The van der Waals surface area contributed by atoms with Crippen LogP contribution >= 0.6 is 0 Å². The van der Waals surface area contributed by atoms with Crippen molar-refractivity contribution in [3.05, 3.63) is 11.8 Å². The molecule has 0 aromatic carbocycles. The molecule has 2 heterocycles. The van der Waals surface area contributed by atoms with Crippen LogP contribution in [0.1, 0.15) is 38.9 Å². The fraction of sp³-hybridized carbons (Fsp3) is 0.625. The maximum Gasteiger partial charge on any atom is 0.325 e. The molecular weight excluding hydrogens is 312 g/mol. The molecule has 8 heteroatoms. The largest absolute Gasteiger partial charge is 0.360 e. The number of aromatic nitrogens is 1. The van der Waals surface area contributed by atoms with Gasteiger partial charge in [0.1, 0.15) is 17.8 Å². The SMILES string of the molecule is Cc1cc(NC(=O)CN2C(=O)NC3(C2=O)C(C)CCCC3C)no1. The number of carbonyl (C=O) groups excluding carboxylic acids is 3. The van der Waals surface area contributed by atoms with Gasteiger partial charge in [0.2, 0.25) is 5.91 Å². The van der Waals surface area contributed by atoms with E-state index < -0.39 is 17.5 Å². The fourth-order valence-electron chi connectivity index (χ4n) is 3.85. The van der Waals surface area contributed by atoms with E-state index in [2.05, 4.69) is 15.8 Å². The molecule has 130 valence electrons. The third-order valence-electron chi connectivity index (χ3n) is 5.18. The van der Waals surface area contributed by atoms with E-state index in [1.54, 1.807) is 13.0 Å². The molecule has 2 N–H and O–H groups in total. The molecule has 0 bridgehead atoms. The summed E-state index contributed by atoms with van der Waals surface area (Å²) in [5.41, 5.74) is -0.889. The van der Waals surface area contributed by atoms with Crippen molar-refractivity contribution in [2.75, 3.05) is 11.9 Å². The van der Waals surface area contributed by atoms with Crippen molar-refractivity contribution in [2.24, 2.45) is 11.8 Å². The normalized spacial score (nSPS) is 29.9. The van der Waals surface area contributed by atoms with E-state index in [-0.39, 0.29) is 30.1 Å². The lowest BCUT2D eigenvalue weighted by molar-refractivity contribution is -0.138. The first-order valence-corrected chi connectivity index (χ1v) is 8.22. The minimum absolute atomic E-state index is 0.0453. The molecular formula is C16H22N4O4. The predicted molar refractivity (Wildman–Crippen MR) is 85.0 cm³/mol. The zero-order valence-corrected chi connectivity index (χ0v) is 14.1. The lowest BCUT2D eigenvalue weighted by Gasteiger charge is -2.42. The smallest absolute Gasteiger partial charge is 0.325 e. The maximum atomic E-state index is 12.9. The van der Waals surface area contributed by atoms with E-state index in [0.29, 0.717) is 5.76 Å². The van der Waals surface area contributed by atoms with Gasteiger partial charge in [0, 0.05) is 6.07 Å². The number of nitrogens with zero attached hydrogens (tertiary/aromatic N) is 2. The molecule has 1 aromatic rings. The Labute approximate surface area is 139 Å². The first-order valence-electron chi connectivity index (χ1n) is 8.22. The highest BCUT2D eigenvalue weighted by Crippen LogP contribution is 2.42. The summed E-state index contributed by atoms with van der Waals surface area (Å²) in [6, 6.07) is 1.06. The highest BCUT2D eigenvalue weighted by atomic mass is 16.5. The topological polar surface area (TPSA) is 105 Å². The van der Waals surface area contributed by atoms with Crippen LogP contribution in [-0.2, 0) is 9.59 Å². The number of imide groups is 1. The van der Waals surface area contributed by atoms with Gasteiger partial charge in [0.05, 0.1) is 0 Å². The Morgan fingerprint density at radius 1 is 1.42 bits per heavy atom. The molecule has 2 atom stereocenters. The van der Waals surface area contributed by atoms with Gasteiger partial charge >= 0.3 is 6.03 Å². The Morgan fingerprint density at radius 3 is 2.67 bits per heavy atom. The van der Waals surface area contributed by atoms with E-state index in [0.717, 1.165) is 24.2 Å². The predicted octanol–water partition coefficient (Wildman–Crippen LogP) is 1.67. The average molecular weight is 334 g/mol. The monoisotopic (exact) mass is 334 g/mol. The molecule has 2 aliphatic rings. The Balaban J connectivity index is 1.73. The number of rotatable bonds is 3. The molecule has 4 amide bonds. The van der Waals surface area contributed by atoms with Gasteiger partial charge in [-0.3, -0.25) is 14.5 Å². The summed E-state index contributed by atoms with van der Waals surface area (Å²) in [7, 11) is 0. The highest BCUT2D eigenvalue weighted by Gasteiger charge is 2.58. The minimum atomic E-state index is -0.889. The molecule has 1 aliphatic carbocycles. The molecule has 1 saturated carbocycles. The summed E-state index contributed by atoms with van der Waals surface area (Å²) in [6.07, 6.45) is 2.81. The molecule has 3 rings (SSSR count). The molecule has 1 aromatic heterocycles.